The van der Waals surface area contributed by atoms with E-state index in [1.54, 1.807) is 11.8 Å². The van der Waals surface area contributed by atoms with Gasteiger partial charge in [-0.05, 0) is 41.0 Å². The normalized spacial score (nSPS) is 13.4. The van der Waals surface area contributed by atoms with Crippen molar-refractivity contribution >= 4 is 23.2 Å². The highest BCUT2D eigenvalue weighted by Gasteiger charge is 2.25. The number of nitrogens with one attached hydrogen (secondary N) is 1. The Morgan fingerprint density at radius 1 is 1.07 bits per heavy atom. The van der Waals surface area contributed by atoms with Crippen molar-refractivity contribution in [2.24, 2.45) is 0 Å². The molecule has 0 bridgehead atoms. The van der Waals surface area contributed by atoms with Crippen LogP contribution in [0.2, 0.25) is 0 Å². The van der Waals surface area contributed by atoms with Crippen LogP contribution in [-0.2, 0) is 27.8 Å². The van der Waals surface area contributed by atoms with Gasteiger partial charge in [0.25, 0.3) is 0 Å². The minimum absolute atomic E-state index is 0.00869. The summed E-state index contributed by atoms with van der Waals surface area (Å²) < 4.78 is 0. The first-order valence-electron chi connectivity index (χ1n) is 9.55. The zero-order chi connectivity index (χ0) is 19.6. The molecule has 4 nitrogen and oxygen atoms in total. The van der Waals surface area contributed by atoms with Gasteiger partial charge in [-0.25, -0.2) is 0 Å². The van der Waals surface area contributed by atoms with Crippen LogP contribution in [0.4, 0.5) is 11.4 Å². The zero-order valence-electron chi connectivity index (χ0n) is 16.6. The van der Waals surface area contributed by atoms with Crippen molar-refractivity contribution in [3.63, 3.8) is 0 Å². The predicted molar refractivity (Wildman–Crippen MR) is 110 cm³/mol. The minimum atomic E-state index is -0.0290. The molecule has 0 saturated carbocycles. The number of carbonyl (C=O) groups is 2. The van der Waals surface area contributed by atoms with Crippen molar-refractivity contribution < 1.29 is 9.59 Å². The fraction of sp³-hybridized carbons (Fsp3) is 0.391. The molecule has 2 aromatic rings. The summed E-state index contributed by atoms with van der Waals surface area (Å²) in [5, 5.41) is 3.00. The number of benzene rings is 2. The van der Waals surface area contributed by atoms with Crippen LogP contribution >= 0.6 is 0 Å². The molecule has 0 radical (unpaired) electrons. The average Bonchev–Trinajstić information content (AvgIpc) is 3.05. The smallest absolute Gasteiger partial charge is 0.224 e. The monoisotopic (exact) mass is 364 g/mol. The Morgan fingerprint density at radius 2 is 1.78 bits per heavy atom. The highest BCUT2D eigenvalue weighted by molar-refractivity contribution is 6.02. The van der Waals surface area contributed by atoms with Gasteiger partial charge in [0.1, 0.15) is 0 Å². The number of anilines is 2. The number of aryl methyl sites for hydroxylation is 1. The predicted octanol–water partition coefficient (Wildman–Crippen LogP) is 4.46. The van der Waals surface area contributed by atoms with Crippen LogP contribution in [0.15, 0.2) is 42.5 Å². The SMILES string of the molecule is CC(=O)N1CCc2cccc(NC(=O)CCc3ccc(C(C)(C)C)cc3)c21. The zero-order valence-corrected chi connectivity index (χ0v) is 16.6. The molecule has 1 aliphatic heterocycles. The number of amides is 2. The van der Waals surface area contributed by atoms with Gasteiger partial charge in [-0.2, -0.15) is 0 Å². The lowest BCUT2D eigenvalue weighted by Crippen LogP contribution is -2.27. The summed E-state index contributed by atoms with van der Waals surface area (Å²) in [6.07, 6.45) is 1.94. The summed E-state index contributed by atoms with van der Waals surface area (Å²) in [5.74, 6) is -0.0203. The second-order valence-electron chi connectivity index (χ2n) is 8.23. The quantitative estimate of drug-likeness (QED) is 0.870. The third-order valence-corrected chi connectivity index (χ3v) is 5.11. The first-order valence-corrected chi connectivity index (χ1v) is 9.55. The highest BCUT2D eigenvalue weighted by atomic mass is 16.2. The summed E-state index contributed by atoms with van der Waals surface area (Å²) in [5.41, 5.74) is 5.27. The van der Waals surface area contributed by atoms with Crippen molar-refractivity contribution in [2.45, 2.75) is 52.4 Å². The van der Waals surface area contributed by atoms with Crippen molar-refractivity contribution in [1.82, 2.24) is 0 Å². The maximum Gasteiger partial charge on any atom is 0.224 e. The Bertz CT molecular complexity index is 848. The van der Waals surface area contributed by atoms with Gasteiger partial charge in [-0.15, -0.1) is 0 Å². The third-order valence-electron chi connectivity index (χ3n) is 5.11. The van der Waals surface area contributed by atoms with E-state index in [4.69, 9.17) is 0 Å². The maximum absolute atomic E-state index is 12.5. The molecule has 3 rings (SSSR count). The molecule has 0 aliphatic carbocycles. The fourth-order valence-corrected chi connectivity index (χ4v) is 3.51. The molecule has 1 N–H and O–H groups in total. The molecule has 1 aliphatic rings. The van der Waals surface area contributed by atoms with Gasteiger partial charge in [0, 0.05) is 19.9 Å². The number of hydrogen-bond donors (Lipinski definition) is 1. The van der Waals surface area contributed by atoms with Crippen LogP contribution in [0.3, 0.4) is 0 Å². The lowest BCUT2D eigenvalue weighted by molar-refractivity contribution is -0.117. The molecule has 0 fully saturated rings. The molecule has 4 heteroatoms. The molecule has 0 aromatic heterocycles. The van der Waals surface area contributed by atoms with E-state index < -0.39 is 0 Å². The third kappa shape index (κ3) is 4.38. The largest absolute Gasteiger partial charge is 0.324 e. The van der Waals surface area contributed by atoms with Crippen LogP contribution < -0.4 is 10.2 Å². The van der Waals surface area contributed by atoms with E-state index in [-0.39, 0.29) is 17.2 Å². The first-order chi connectivity index (χ1) is 12.8. The van der Waals surface area contributed by atoms with Gasteiger partial charge in [0.05, 0.1) is 11.4 Å². The Balaban J connectivity index is 1.64. The number of para-hydroxylation sites is 1. The van der Waals surface area contributed by atoms with Crippen molar-refractivity contribution in [3.8, 4) is 0 Å². The van der Waals surface area contributed by atoms with Gasteiger partial charge in [0.15, 0.2) is 0 Å². The van der Waals surface area contributed by atoms with Gasteiger partial charge < -0.3 is 10.2 Å². The molecule has 2 amide bonds. The number of hydrogen-bond acceptors (Lipinski definition) is 2. The molecule has 2 aromatic carbocycles. The van der Waals surface area contributed by atoms with Gasteiger partial charge in [-0.3, -0.25) is 9.59 Å². The highest BCUT2D eigenvalue weighted by Crippen LogP contribution is 2.35. The molecule has 27 heavy (non-hydrogen) atoms. The molecule has 0 spiro atoms. The summed E-state index contributed by atoms with van der Waals surface area (Å²) in [7, 11) is 0. The standard InChI is InChI=1S/C23H28N2O2/c1-16(26)25-15-14-18-6-5-7-20(22(18)25)24-21(27)13-10-17-8-11-19(12-9-17)23(2,3)4/h5-9,11-12H,10,13-15H2,1-4H3,(H,24,27). The summed E-state index contributed by atoms with van der Waals surface area (Å²) in [6.45, 7) is 8.82. The van der Waals surface area contributed by atoms with Gasteiger partial charge in [-0.1, -0.05) is 57.2 Å². The number of rotatable bonds is 4. The minimum Gasteiger partial charge on any atom is -0.324 e. The Labute approximate surface area is 161 Å². The number of carbonyl (C=O) groups excluding carboxylic acids is 2. The number of fused-ring (bicyclic) bond motifs is 1. The molecular weight excluding hydrogens is 336 g/mol. The van der Waals surface area contributed by atoms with Crippen LogP contribution in [0.25, 0.3) is 0 Å². The second-order valence-corrected chi connectivity index (χ2v) is 8.23. The second kappa shape index (κ2) is 7.55. The summed E-state index contributed by atoms with van der Waals surface area (Å²) >= 11 is 0. The van der Waals surface area contributed by atoms with Gasteiger partial charge >= 0.3 is 0 Å². The summed E-state index contributed by atoms with van der Waals surface area (Å²) in [6, 6.07) is 14.3. The Hall–Kier alpha value is -2.62. The molecule has 1 heterocycles. The van der Waals surface area contributed by atoms with E-state index in [1.165, 1.54) is 5.56 Å². The first kappa shape index (κ1) is 19.2. The van der Waals surface area contributed by atoms with Crippen molar-refractivity contribution in [3.05, 3.63) is 59.2 Å². The van der Waals surface area contributed by atoms with E-state index in [2.05, 4.69) is 50.4 Å². The molecule has 0 atom stereocenters. The van der Waals surface area contributed by atoms with Crippen molar-refractivity contribution in [1.29, 1.82) is 0 Å². The lowest BCUT2D eigenvalue weighted by Gasteiger charge is -2.19. The van der Waals surface area contributed by atoms with E-state index >= 15 is 0 Å². The van der Waals surface area contributed by atoms with Crippen LogP contribution in [0.1, 0.15) is 50.8 Å². The van der Waals surface area contributed by atoms with E-state index in [9.17, 15) is 9.59 Å². The molecule has 142 valence electrons. The fourth-order valence-electron chi connectivity index (χ4n) is 3.51. The summed E-state index contributed by atoms with van der Waals surface area (Å²) in [4.78, 5) is 26.1. The molecular formula is C23H28N2O2. The van der Waals surface area contributed by atoms with Gasteiger partial charge in [0.2, 0.25) is 11.8 Å². The Morgan fingerprint density at radius 3 is 2.41 bits per heavy atom. The van der Waals surface area contributed by atoms with Crippen LogP contribution in [-0.4, -0.2) is 18.4 Å². The van der Waals surface area contributed by atoms with E-state index in [0.29, 0.717) is 19.4 Å². The topological polar surface area (TPSA) is 49.4 Å². The van der Waals surface area contributed by atoms with Crippen LogP contribution in [0.5, 0.6) is 0 Å². The average molecular weight is 364 g/mol. The van der Waals surface area contributed by atoms with Crippen LogP contribution in [0, 0.1) is 0 Å². The van der Waals surface area contributed by atoms with Crippen molar-refractivity contribution in [2.75, 3.05) is 16.8 Å². The Kier molecular flexibility index (Phi) is 5.36. The molecule has 0 unspecified atom stereocenters. The van der Waals surface area contributed by atoms with E-state index in [1.807, 2.05) is 18.2 Å². The van der Waals surface area contributed by atoms with E-state index in [0.717, 1.165) is 28.9 Å². The lowest BCUT2D eigenvalue weighted by atomic mass is 9.86. The number of nitrogens with zero attached hydrogens (tertiary/aromatic N) is 1. The maximum atomic E-state index is 12.5. The molecule has 0 saturated heterocycles.